The number of benzene rings is 3. The Morgan fingerprint density at radius 1 is 0.969 bits per heavy atom. The van der Waals surface area contributed by atoms with Crippen molar-refractivity contribution < 1.29 is 19.4 Å². The first kappa shape index (κ1) is 24.1. The molecule has 5 nitrogen and oxygen atoms in total. The van der Waals surface area contributed by atoms with Crippen molar-refractivity contribution in [1.29, 1.82) is 0 Å². The molecule has 0 aliphatic heterocycles. The standard InChI is InChI=1S/C24H22Cl3NO4/c1-3-31-22-10-16(12-28-21-9-15(24(29)30)8-7-14(21)2)20(27)11-23(22)32-13-17-18(25)5-4-6-19(17)26/h4-11,28H,3,12-13H2,1-2H3,(H,29,30). The molecule has 0 bridgehead atoms. The van der Waals surface area contributed by atoms with Crippen LogP contribution >= 0.6 is 34.8 Å². The molecule has 0 saturated heterocycles. The second-order valence-corrected chi connectivity index (χ2v) is 8.22. The summed E-state index contributed by atoms with van der Waals surface area (Å²) in [7, 11) is 0. The van der Waals surface area contributed by atoms with E-state index in [0.29, 0.717) is 51.0 Å². The van der Waals surface area contributed by atoms with E-state index in [1.165, 1.54) is 0 Å². The van der Waals surface area contributed by atoms with Crippen LogP contribution in [0, 0.1) is 6.92 Å². The van der Waals surface area contributed by atoms with Gasteiger partial charge in [-0.3, -0.25) is 0 Å². The van der Waals surface area contributed by atoms with Gasteiger partial charge < -0.3 is 19.9 Å². The third kappa shape index (κ3) is 5.80. The fourth-order valence-electron chi connectivity index (χ4n) is 3.05. The SMILES string of the molecule is CCOc1cc(CNc2cc(C(=O)O)ccc2C)c(Cl)cc1OCc1c(Cl)cccc1Cl. The van der Waals surface area contributed by atoms with Gasteiger partial charge in [0.25, 0.3) is 0 Å². The number of anilines is 1. The van der Waals surface area contributed by atoms with Crippen molar-refractivity contribution in [3.05, 3.63) is 85.9 Å². The Morgan fingerprint density at radius 2 is 1.66 bits per heavy atom. The Bertz CT molecular complexity index is 1110. The number of halogens is 3. The molecule has 32 heavy (non-hydrogen) atoms. The Labute approximate surface area is 201 Å². The molecule has 0 aliphatic carbocycles. The van der Waals surface area contributed by atoms with Crippen LogP contribution in [0.25, 0.3) is 0 Å². The van der Waals surface area contributed by atoms with Gasteiger partial charge >= 0.3 is 5.97 Å². The molecule has 0 heterocycles. The summed E-state index contributed by atoms with van der Waals surface area (Å²) in [5.74, 6) is 0.0263. The van der Waals surface area contributed by atoms with E-state index in [1.807, 2.05) is 13.8 Å². The van der Waals surface area contributed by atoms with E-state index in [-0.39, 0.29) is 12.2 Å². The average molecular weight is 495 g/mol. The lowest BCUT2D eigenvalue weighted by Gasteiger charge is -2.17. The van der Waals surface area contributed by atoms with Crippen molar-refractivity contribution >= 4 is 46.5 Å². The van der Waals surface area contributed by atoms with E-state index < -0.39 is 5.97 Å². The minimum atomic E-state index is -0.982. The zero-order chi connectivity index (χ0) is 23.3. The summed E-state index contributed by atoms with van der Waals surface area (Å²) in [5.41, 5.74) is 3.30. The Hall–Kier alpha value is -2.60. The lowest BCUT2D eigenvalue weighted by atomic mass is 10.1. The van der Waals surface area contributed by atoms with E-state index in [0.717, 1.165) is 11.1 Å². The minimum Gasteiger partial charge on any atom is -0.490 e. The molecule has 3 rings (SSSR count). The van der Waals surface area contributed by atoms with Crippen molar-refractivity contribution in [2.75, 3.05) is 11.9 Å². The van der Waals surface area contributed by atoms with Gasteiger partial charge in [0.1, 0.15) is 6.61 Å². The summed E-state index contributed by atoms with van der Waals surface area (Å²) in [6, 6.07) is 13.7. The largest absolute Gasteiger partial charge is 0.490 e. The number of carbonyl (C=O) groups is 1. The number of carboxylic acids is 1. The topological polar surface area (TPSA) is 67.8 Å². The molecule has 0 unspecified atom stereocenters. The summed E-state index contributed by atoms with van der Waals surface area (Å²) in [6.07, 6.45) is 0. The molecule has 0 spiro atoms. The number of carboxylic acid groups (broad SMARTS) is 1. The molecular weight excluding hydrogens is 473 g/mol. The van der Waals surface area contributed by atoms with Gasteiger partial charge in [0.15, 0.2) is 11.5 Å². The summed E-state index contributed by atoms with van der Waals surface area (Å²) in [6.45, 7) is 4.75. The van der Waals surface area contributed by atoms with Crippen LogP contribution in [0.1, 0.15) is 34.0 Å². The third-order valence-corrected chi connectivity index (χ3v) is 5.86. The maximum Gasteiger partial charge on any atom is 0.335 e. The summed E-state index contributed by atoms with van der Waals surface area (Å²) in [5, 5.41) is 14.0. The predicted molar refractivity (Wildman–Crippen MR) is 129 cm³/mol. The van der Waals surface area contributed by atoms with Crippen LogP contribution in [0.15, 0.2) is 48.5 Å². The first-order valence-corrected chi connectivity index (χ1v) is 11.0. The summed E-state index contributed by atoms with van der Waals surface area (Å²) in [4.78, 5) is 11.3. The normalized spacial score (nSPS) is 10.7. The highest BCUT2D eigenvalue weighted by Crippen LogP contribution is 2.36. The fraction of sp³-hybridized carbons (Fsp3) is 0.208. The Morgan fingerprint density at radius 3 is 2.31 bits per heavy atom. The van der Waals surface area contributed by atoms with E-state index >= 15 is 0 Å². The number of aromatic carboxylic acids is 1. The van der Waals surface area contributed by atoms with Crippen molar-refractivity contribution in [3.8, 4) is 11.5 Å². The average Bonchev–Trinajstić information content (AvgIpc) is 2.75. The van der Waals surface area contributed by atoms with Crippen LogP contribution in [0.3, 0.4) is 0 Å². The third-order valence-electron chi connectivity index (χ3n) is 4.80. The molecule has 3 aromatic rings. The Kier molecular flexibility index (Phi) is 8.13. The maximum atomic E-state index is 11.3. The number of ether oxygens (including phenoxy) is 2. The van der Waals surface area contributed by atoms with E-state index in [4.69, 9.17) is 44.3 Å². The first-order valence-electron chi connectivity index (χ1n) is 9.88. The number of rotatable bonds is 9. The van der Waals surface area contributed by atoms with Crippen LogP contribution in [-0.2, 0) is 13.2 Å². The molecule has 0 aromatic heterocycles. The number of hydrogen-bond donors (Lipinski definition) is 2. The molecule has 0 radical (unpaired) electrons. The van der Waals surface area contributed by atoms with Crippen molar-refractivity contribution in [1.82, 2.24) is 0 Å². The molecule has 0 amide bonds. The quantitative estimate of drug-likeness (QED) is 0.328. The van der Waals surface area contributed by atoms with Crippen molar-refractivity contribution in [2.45, 2.75) is 27.0 Å². The molecule has 3 aromatic carbocycles. The highest BCUT2D eigenvalue weighted by Gasteiger charge is 2.14. The molecule has 2 N–H and O–H groups in total. The molecule has 8 heteroatoms. The van der Waals surface area contributed by atoms with Gasteiger partial charge in [0, 0.05) is 38.9 Å². The van der Waals surface area contributed by atoms with Gasteiger partial charge in [-0.15, -0.1) is 0 Å². The van der Waals surface area contributed by atoms with Crippen LogP contribution in [0.2, 0.25) is 15.1 Å². The van der Waals surface area contributed by atoms with E-state index in [2.05, 4.69) is 5.32 Å². The van der Waals surface area contributed by atoms with Crippen LogP contribution in [0.5, 0.6) is 11.5 Å². The van der Waals surface area contributed by atoms with Gasteiger partial charge in [0.05, 0.1) is 12.2 Å². The minimum absolute atomic E-state index is 0.160. The molecule has 0 fully saturated rings. The van der Waals surface area contributed by atoms with Gasteiger partial charge in [-0.25, -0.2) is 4.79 Å². The summed E-state index contributed by atoms with van der Waals surface area (Å²) >= 11 is 19.0. The van der Waals surface area contributed by atoms with Crippen molar-refractivity contribution in [3.63, 3.8) is 0 Å². The van der Waals surface area contributed by atoms with E-state index in [1.54, 1.807) is 48.5 Å². The zero-order valence-electron chi connectivity index (χ0n) is 17.5. The summed E-state index contributed by atoms with van der Waals surface area (Å²) < 4.78 is 11.7. The monoisotopic (exact) mass is 493 g/mol. The fourth-order valence-corrected chi connectivity index (χ4v) is 3.78. The van der Waals surface area contributed by atoms with Crippen molar-refractivity contribution in [2.24, 2.45) is 0 Å². The number of hydrogen-bond acceptors (Lipinski definition) is 4. The van der Waals surface area contributed by atoms with Gasteiger partial charge in [0.2, 0.25) is 0 Å². The van der Waals surface area contributed by atoms with Crippen LogP contribution in [0.4, 0.5) is 5.69 Å². The molecule has 0 atom stereocenters. The second-order valence-electron chi connectivity index (χ2n) is 7.00. The smallest absolute Gasteiger partial charge is 0.335 e. The lowest BCUT2D eigenvalue weighted by molar-refractivity contribution is 0.0697. The second kappa shape index (κ2) is 10.8. The predicted octanol–water partition coefficient (Wildman–Crippen LogP) is 7.24. The highest BCUT2D eigenvalue weighted by molar-refractivity contribution is 6.36. The Balaban J connectivity index is 1.81. The molecule has 0 saturated carbocycles. The van der Waals surface area contributed by atoms with Gasteiger partial charge in [-0.05, 0) is 55.3 Å². The maximum absolute atomic E-state index is 11.3. The highest BCUT2D eigenvalue weighted by atomic mass is 35.5. The molecular formula is C24H22Cl3NO4. The van der Waals surface area contributed by atoms with E-state index in [9.17, 15) is 9.90 Å². The number of aryl methyl sites for hydroxylation is 1. The number of nitrogens with one attached hydrogen (secondary N) is 1. The zero-order valence-corrected chi connectivity index (χ0v) is 19.8. The lowest BCUT2D eigenvalue weighted by Crippen LogP contribution is -2.06. The first-order chi connectivity index (χ1) is 15.3. The van der Waals surface area contributed by atoms with Gasteiger partial charge in [-0.2, -0.15) is 0 Å². The van der Waals surface area contributed by atoms with Crippen LogP contribution in [-0.4, -0.2) is 17.7 Å². The molecule has 168 valence electrons. The molecule has 0 aliphatic rings. The van der Waals surface area contributed by atoms with Crippen LogP contribution < -0.4 is 14.8 Å². The van der Waals surface area contributed by atoms with Gasteiger partial charge in [-0.1, -0.05) is 46.9 Å².